The number of hydrogen-bond acceptors (Lipinski definition) is 6. The fraction of sp³-hybridized carbons (Fsp3) is 0.949. The second-order valence-electron chi connectivity index (χ2n) is 21.0. The molecule has 0 spiro atoms. The van der Waals surface area contributed by atoms with Gasteiger partial charge < -0.3 is 14.2 Å². The Kier molecular flexibility index (Phi) is 50.5. The molecule has 0 aliphatic rings. The number of ether oxygens (including phenoxy) is 3. The molecule has 0 saturated heterocycles. The maximum Gasteiger partial charge on any atom is 0.306 e. The average Bonchev–Trinajstić information content (AvgIpc) is 3.29. The minimum atomic E-state index is -0.762. The van der Waals surface area contributed by atoms with Crippen molar-refractivity contribution < 1.29 is 28.6 Å². The van der Waals surface area contributed by atoms with Crippen molar-refractivity contribution in [1.29, 1.82) is 0 Å². The van der Waals surface area contributed by atoms with Crippen LogP contribution in [0.25, 0.3) is 0 Å². The van der Waals surface area contributed by atoms with E-state index in [4.69, 9.17) is 14.2 Å². The van der Waals surface area contributed by atoms with Gasteiger partial charge in [-0.1, -0.05) is 291 Å². The highest BCUT2D eigenvalue weighted by Crippen LogP contribution is 2.19. The highest BCUT2D eigenvalue weighted by atomic mass is 16.6. The summed E-state index contributed by atoms with van der Waals surface area (Å²) in [6.07, 6.45) is 55.1. The van der Waals surface area contributed by atoms with Crippen molar-refractivity contribution in [3.8, 4) is 0 Å². The molecule has 65 heavy (non-hydrogen) atoms. The summed E-state index contributed by atoms with van der Waals surface area (Å²) in [6, 6.07) is 0. The smallest absolute Gasteiger partial charge is 0.306 e. The van der Waals surface area contributed by atoms with Gasteiger partial charge in [0, 0.05) is 19.3 Å². The summed E-state index contributed by atoms with van der Waals surface area (Å²) in [4.78, 5) is 38.1. The lowest BCUT2D eigenvalue weighted by molar-refractivity contribution is -0.167. The first-order valence-electron chi connectivity index (χ1n) is 29.3. The summed E-state index contributed by atoms with van der Waals surface area (Å²) in [5.41, 5.74) is 0. The molecule has 0 aromatic heterocycles. The van der Waals surface area contributed by atoms with Crippen molar-refractivity contribution in [2.45, 2.75) is 336 Å². The zero-order chi connectivity index (χ0) is 47.5. The van der Waals surface area contributed by atoms with Gasteiger partial charge in [-0.05, 0) is 31.1 Å². The van der Waals surface area contributed by atoms with Gasteiger partial charge >= 0.3 is 17.9 Å². The van der Waals surface area contributed by atoms with Crippen molar-refractivity contribution in [3.05, 3.63) is 0 Å². The van der Waals surface area contributed by atoms with E-state index in [1.807, 2.05) is 0 Å². The SMILES string of the molecule is CCCCCCCCCCCCCCC(=O)OC[C@@H](COC(=O)CCCCCCCCCCCCCCCCC(C)C)OC(=O)CCCCCCCCCCCCCCCCC(C)CC. The molecule has 0 rings (SSSR count). The largest absolute Gasteiger partial charge is 0.462 e. The van der Waals surface area contributed by atoms with Gasteiger partial charge in [-0.25, -0.2) is 0 Å². The number of esters is 3. The molecule has 0 aliphatic carbocycles. The third-order valence-corrected chi connectivity index (χ3v) is 13.8. The molecular weight excluding hydrogens is 805 g/mol. The Morgan fingerprint density at radius 2 is 0.585 bits per heavy atom. The van der Waals surface area contributed by atoms with E-state index in [-0.39, 0.29) is 31.1 Å². The lowest BCUT2D eigenvalue weighted by Crippen LogP contribution is -2.30. The molecule has 386 valence electrons. The summed E-state index contributed by atoms with van der Waals surface area (Å²) in [5.74, 6) is 0.901. The average molecular weight is 920 g/mol. The first kappa shape index (κ1) is 63.4. The van der Waals surface area contributed by atoms with Crippen LogP contribution < -0.4 is 0 Å². The Morgan fingerprint density at radius 3 is 0.877 bits per heavy atom. The molecule has 6 nitrogen and oxygen atoms in total. The Balaban J connectivity index is 4.28. The molecule has 0 saturated carbocycles. The molecule has 0 aliphatic heterocycles. The summed E-state index contributed by atoms with van der Waals surface area (Å²) < 4.78 is 16.9. The number of carbonyl (C=O) groups is 3. The minimum Gasteiger partial charge on any atom is -0.462 e. The van der Waals surface area contributed by atoms with Crippen molar-refractivity contribution in [2.75, 3.05) is 13.2 Å². The quantitative estimate of drug-likeness (QED) is 0.0344. The highest BCUT2D eigenvalue weighted by molar-refractivity contribution is 5.71. The van der Waals surface area contributed by atoms with Crippen LogP contribution in [0, 0.1) is 11.8 Å². The van der Waals surface area contributed by atoms with Crippen LogP contribution in [-0.2, 0) is 28.6 Å². The molecule has 2 atom stereocenters. The van der Waals surface area contributed by atoms with Crippen LogP contribution >= 0.6 is 0 Å². The maximum absolute atomic E-state index is 12.9. The van der Waals surface area contributed by atoms with Gasteiger partial charge in [0.2, 0.25) is 0 Å². The predicted octanol–water partition coefficient (Wildman–Crippen LogP) is 19.3. The van der Waals surface area contributed by atoms with Crippen LogP contribution in [0.2, 0.25) is 0 Å². The van der Waals surface area contributed by atoms with Crippen LogP contribution in [0.4, 0.5) is 0 Å². The van der Waals surface area contributed by atoms with E-state index in [0.717, 1.165) is 69.6 Å². The normalized spacial score (nSPS) is 12.5. The third kappa shape index (κ3) is 51.6. The van der Waals surface area contributed by atoms with Gasteiger partial charge in [0.15, 0.2) is 6.10 Å². The minimum absolute atomic E-state index is 0.0625. The third-order valence-electron chi connectivity index (χ3n) is 13.8. The van der Waals surface area contributed by atoms with E-state index in [1.54, 1.807) is 0 Å². The molecule has 0 bridgehead atoms. The van der Waals surface area contributed by atoms with Gasteiger partial charge in [0.1, 0.15) is 13.2 Å². The summed E-state index contributed by atoms with van der Waals surface area (Å²) in [5, 5.41) is 0. The van der Waals surface area contributed by atoms with Gasteiger partial charge in [0.25, 0.3) is 0 Å². The van der Waals surface area contributed by atoms with Crippen LogP contribution in [-0.4, -0.2) is 37.2 Å². The van der Waals surface area contributed by atoms with Gasteiger partial charge in [0.05, 0.1) is 0 Å². The van der Waals surface area contributed by atoms with Crippen LogP contribution in [0.15, 0.2) is 0 Å². The van der Waals surface area contributed by atoms with E-state index in [1.165, 1.54) is 218 Å². The fourth-order valence-electron chi connectivity index (χ4n) is 9.02. The highest BCUT2D eigenvalue weighted by Gasteiger charge is 2.19. The molecule has 1 unspecified atom stereocenters. The summed E-state index contributed by atoms with van der Waals surface area (Å²) >= 11 is 0. The molecular formula is C59H114O6. The van der Waals surface area contributed by atoms with E-state index in [9.17, 15) is 14.4 Å². The lowest BCUT2D eigenvalue weighted by atomic mass is 9.99. The lowest BCUT2D eigenvalue weighted by Gasteiger charge is -2.18. The molecule has 0 heterocycles. The second kappa shape index (κ2) is 51.8. The number of carbonyl (C=O) groups excluding carboxylic acids is 3. The second-order valence-corrected chi connectivity index (χ2v) is 21.0. The van der Waals surface area contributed by atoms with Gasteiger partial charge in [-0.3, -0.25) is 14.4 Å². The van der Waals surface area contributed by atoms with E-state index < -0.39 is 6.10 Å². The maximum atomic E-state index is 12.9. The van der Waals surface area contributed by atoms with Crippen LogP contribution in [0.5, 0.6) is 0 Å². The molecule has 0 fully saturated rings. The Labute approximate surface area is 406 Å². The van der Waals surface area contributed by atoms with Crippen molar-refractivity contribution in [1.82, 2.24) is 0 Å². The topological polar surface area (TPSA) is 78.9 Å². The molecule has 6 heteroatoms. The zero-order valence-corrected chi connectivity index (χ0v) is 44.6. The number of rotatable bonds is 53. The first-order chi connectivity index (χ1) is 31.8. The summed E-state index contributed by atoms with van der Waals surface area (Å²) in [7, 11) is 0. The fourth-order valence-corrected chi connectivity index (χ4v) is 9.02. The van der Waals surface area contributed by atoms with E-state index in [2.05, 4.69) is 34.6 Å². The number of hydrogen-bond donors (Lipinski definition) is 0. The molecule has 0 amide bonds. The van der Waals surface area contributed by atoms with Gasteiger partial charge in [-0.15, -0.1) is 0 Å². The summed E-state index contributed by atoms with van der Waals surface area (Å²) in [6.45, 7) is 11.5. The molecule has 0 aromatic rings. The predicted molar refractivity (Wildman–Crippen MR) is 280 cm³/mol. The molecule has 0 aromatic carbocycles. The Hall–Kier alpha value is -1.59. The van der Waals surface area contributed by atoms with E-state index in [0.29, 0.717) is 19.3 Å². The molecule has 0 N–H and O–H groups in total. The standard InChI is InChI=1S/C59H114O6/c1-6-8-9-10-11-12-13-24-29-34-39-44-49-57(60)63-52-56(53-64-58(61)50-45-40-35-30-25-20-16-14-18-22-27-32-37-42-47-54(3)4)65-59(62)51-46-41-36-31-26-21-17-15-19-23-28-33-38-43-48-55(5)7-2/h54-56H,6-53H2,1-5H3/t55?,56-/m0/s1. The van der Waals surface area contributed by atoms with Crippen molar-refractivity contribution >= 4 is 17.9 Å². The van der Waals surface area contributed by atoms with Crippen molar-refractivity contribution in [2.24, 2.45) is 11.8 Å². The Morgan fingerprint density at radius 1 is 0.323 bits per heavy atom. The van der Waals surface area contributed by atoms with Crippen molar-refractivity contribution in [3.63, 3.8) is 0 Å². The van der Waals surface area contributed by atoms with Crippen LogP contribution in [0.3, 0.4) is 0 Å². The van der Waals surface area contributed by atoms with E-state index >= 15 is 0 Å². The van der Waals surface area contributed by atoms with Gasteiger partial charge in [-0.2, -0.15) is 0 Å². The molecule has 0 radical (unpaired) electrons. The monoisotopic (exact) mass is 919 g/mol. The Bertz CT molecular complexity index is 995. The zero-order valence-electron chi connectivity index (χ0n) is 44.6. The van der Waals surface area contributed by atoms with Crippen LogP contribution in [0.1, 0.15) is 330 Å². The first-order valence-corrected chi connectivity index (χ1v) is 29.3. The number of unbranched alkanes of at least 4 members (excludes halogenated alkanes) is 37.